The van der Waals surface area contributed by atoms with Crippen LogP contribution in [0.3, 0.4) is 0 Å². The SMILES string of the molecule is CC(C)(C)c1ccc(-c2cc3c([nH]2)C=C(C(c2c4c#cccc4cc4ccccc24)C(C)(C)C)CC3)cc1. The number of H-pyrrole nitrogens is 1. The fourth-order valence-corrected chi connectivity index (χ4v) is 6.31. The van der Waals surface area contributed by atoms with Gasteiger partial charge in [0.15, 0.2) is 0 Å². The van der Waals surface area contributed by atoms with Gasteiger partial charge in [0.05, 0.1) is 0 Å². The molecule has 0 fully saturated rings. The fraction of sp³-hybridized carbons (Fsp3) is 0.297. The molecule has 0 bridgehead atoms. The van der Waals surface area contributed by atoms with Crippen molar-refractivity contribution in [2.45, 2.75) is 65.7 Å². The number of nitrogens with one attached hydrogen (secondary N) is 1. The van der Waals surface area contributed by atoms with Crippen molar-refractivity contribution in [2.24, 2.45) is 5.41 Å². The van der Waals surface area contributed by atoms with E-state index in [0.717, 1.165) is 12.8 Å². The van der Waals surface area contributed by atoms with Crippen LogP contribution in [0.15, 0.2) is 78.4 Å². The molecule has 0 radical (unpaired) electrons. The number of fused-ring (bicyclic) bond motifs is 3. The molecule has 38 heavy (non-hydrogen) atoms. The first-order valence-electron chi connectivity index (χ1n) is 13.9. The van der Waals surface area contributed by atoms with Crippen LogP contribution in [0, 0.1) is 17.5 Å². The van der Waals surface area contributed by atoms with Crippen molar-refractivity contribution in [3.05, 3.63) is 113 Å². The van der Waals surface area contributed by atoms with Gasteiger partial charge in [0.25, 0.3) is 0 Å². The minimum atomic E-state index is 0.0439. The second-order valence-corrected chi connectivity index (χ2v) is 13.0. The number of aromatic amines is 1. The summed E-state index contributed by atoms with van der Waals surface area (Å²) in [6.07, 6.45) is 4.57. The summed E-state index contributed by atoms with van der Waals surface area (Å²) < 4.78 is 0. The summed E-state index contributed by atoms with van der Waals surface area (Å²) in [6.45, 7) is 13.9. The van der Waals surface area contributed by atoms with Crippen LogP contribution in [0.2, 0.25) is 0 Å². The lowest BCUT2D eigenvalue weighted by Gasteiger charge is -2.36. The van der Waals surface area contributed by atoms with E-state index >= 15 is 0 Å². The highest BCUT2D eigenvalue weighted by Crippen LogP contribution is 2.49. The summed E-state index contributed by atoms with van der Waals surface area (Å²) in [7, 11) is 0. The van der Waals surface area contributed by atoms with Crippen LogP contribution in [0.25, 0.3) is 38.9 Å². The molecule has 1 aliphatic carbocycles. The number of aromatic nitrogens is 1. The number of benzene rings is 3. The Morgan fingerprint density at radius 3 is 2.32 bits per heavy atom. The average Bonchev–Trinajstić information content (AvgIpc) is 3.31. The number of allylic oxidation sites excluding steroid dienone is 1. The van der Waals surface area contributed by atoms with E-state index in [-0.39, 0.29) is 16.7 Å². The van der Waals surface area contributed by atoms with Gasteiger partial charge in [0.1, 0.15) is 0 Å². The maximum absolute atomic E-state index is 3.78. The maximum Gasteiger partial charge on any atom is 0.0461 e. The summed E-state index contributed by atoms with van der Waals surface area (Å²) in [6, 6.07) is 33.5. The number of hydrogen-bond donors (Lipinski definition) is 1. The van der Waals surface area contributed by atoms with Gasteiger partial charge in [0.2, 0.25) is 0 Å². The van der Waals surface area contributed by atoms with Gasteiger partial charge in [0, 0.05) is 22.7 Å². The normalized spacial score (nSPS) is 14.7. The molecule has 1 heteroatoms. The number of rotatable bonds is 3. The van der Waals surface area contributed by atoms with Crippen LogP contribution >= 0.6 is 0 Å². The van der Waals surface area contributed by atoms with Crippen molar-refractivity contribution in [3.63, 3.8) is 0 Å². The van der Waals surface area contributed by atoms with Crippen molar-refractivity contribution in [1.29, 1.82) is 0 Å². The van der Waals surface area contributed by atoms with E-state index in [1.807, 2.05) is 6.07 Å². The molecule has 1 unspecified atom stereocenters. The fourth-order valence-electron chi connectivity index (χ4n) is 6.31. The molecule has 0 aliphatic heterocycles. The largest absolute Gasteiger partial charge is 0.355 e. The van der Waals surface area contributed by atoms with Crippen molar-refractivity contribution in [3.8, 4) is 11.3 Å². The van der Waals surface area contributed by atoms with E-state index in [1.54, 1.807) is 0 Å². The molecule has 0 saturated heterocycles. The van der Waals surface area contributed by atoms with Crippen LogP contribution in [0.4, 0.5) is 0 Å². The topological polar surface area (TPSA) is 15.8 Å². The molecule has 1 nitrogen and oxygen atoms in total. The lowest BCUT2D eigenvalue weighted by Crippen LogP contribution is -2.22. The molecular weight excluding hydrogens is 458 g/mol. The lowest BCUT2D eigenvalue weighted by atomic mass is 9.68. The molecular formula is C37H37N. The molecule has 1 heterocycles. The van der Waals surface area contributed by atoms with Gasteiger partial charge in [-0.2, -0.15) is 0 Å². The highest BCUT2D eigenvalue weighted by atomic mass is 14.7. The lowest BCUT2D eigenvalue weighted by molar-refractivity contribution is 0.352. The molecule has 6 rings (SSSR count). The quantitative estimate of drug-likeness (QED) is 0.256. The van der Waals surface area contributed by atoms with E-state index in [9.17, 15) is 0 Å². The second-order valence-electron chi connectivity index (χ2n) is 13.0. The van der Waals surface area contributed by atoms with Gasteiger partial charge in [-0.05, 0) is 92.4 Å². The summed E-state index contributed by atoms with van der Waals surface area (Å²) in [5.41, 5.74) is 9.59. The molecule has 0 amide bonds. The molecule has 0 spiro atoms. The molecule has 1 atom stereocenters. The first kappa shape index (κ1) is 24.6. The van der Waals surface area contributed by atoms with Crippen LogP contribution in [-0.2, 0) is 11.8 Å². The predicted octanol–water partition coefficient (Wildman–Crippen LogP) is 10.0. The standard InChI is InChI=1S/C37H37N/c1-36(2,3)29-19-17-24(18-20-29)32-22-27-15-16-28(23-33(27)38-32)35(37(4,5)6)34-30-13-9-7-11-25(30)21-26-12-8-10-14-31(26)34/h7-9,11-13,17-23,35,38H,15-16H2,1-6H3. The van der Waals surface area contributed by atoms with Crippen molar-refractivity contribution in [2.75, 3.05) is 0 Å². The van der Waals surface area contributed by atoms with Crippen LogP contribution in [0.5, 0.6) is 0 Å². The van der Waals surface area contributed by atoms with Gasteiger partial charge in [-0.1, -0.05) is 108 Å². The van der Waals surface area contributed by atoms with Crippen molar-refractivity contribution < 1.29 is 0 Å². The summed E-state index contributed by atoms with van der Waals surface area (Å²) in [5.74, 6) is 0.272. The van der Waals surface area contributed by atoms with E-state index in [2.05, 4.69) is 131 Å². The van der Waals surface area contributed by atoms with Gasteiger partial charge in [-0.3, -0.25) is 0 Å². The maximum atomic E-state index is 3.78. The van der Waals surface area contributed by atoms with Gasteiger partial charge in [-0.25, -0.2) is 0 Å². The Balaban J connectivity index is 1.47. The highest BCUT2D eigenvalue weighted by Gasteiger charge is 2.34. The van der Waals surface area contributed by atoms with Gasteiger partial charge < -0.3 is 4.98 Å². The van der Waals surface area contributed by atoms with E-state index < -0.39 is 0 Å². The summed E-state index contributed by atoms with van der Waals surface area (Å²) in [5, 5.41) is 5.06. The average molecular weight is 496 g/mol. The summed E-state index contributed by atoms with van der Waals surface area (Å²) >= 11 is 0. The Morgan fingerprint density at radius 1 is 0.816 bits per heavy atom. The van der Waals surface area contributed by atoms with Gasteiger partial charge >= 0.3 is 0 Å². The zero-order valence-electron chi connectivity index (χ0n) is 23.5. The van der Waals surface area contributed by atoms with E-state index in [1.165, 1.54) is 60.8 Å². The van der Waals surface area contributed by atoms with E-state index in [4.69, 9.17) is 0 Å². The predicted molar refractivity (Wildman–Crippen MR) is 163 cm³/mol. The molecule has 1 aromatic heterocycles. The Bertz CT molecular complexity index is 1610. The summed E-state index contributed by atoms with van der Waals surface area (Å²) in [4.78, 5) is 3.78. The zero-order valence-corrected chi connectivity index (χ0v) is 23.5. The van der Waals surface area contributed by atoms with Crippen molar-refractivity contribution in [1.82, 2.24) is 4.98 Å². The molecule has 5 aromatic rings. The number of aryl methyl sites for hydroxylation is 1. The van der Waals surface area contributed by atoms with Crippen LogP contribution in [-0.4, -0.2) is 4.98 Å². The Hall–Kier alpha value is -3.76. The van der Waals surface area contributed by atoms with Gasteiger partial charge in [-0.15, -0.1) is 0 Å². The Kier molecular flexibility index (Phi) is 5.77. The monoisotopic (exact) mass is 495 g/mol. The first-order chi connectivity index (χ1) is 18.1. The Labute approximate surface area is 227 Å². The smallest absolute Gasteiger partial charge is 0.0461 e. The van der Waals surface area contributed by atoms with E-state index in [0.29, 0.717) is 0 Å². The second kappa shape index (κ2) is 8.92. The molecule has 1 aliphatic rings. The molecule has 190 valence electrons. The number of hydrogen-bond acceptors (Lipinski definition) is 0. The molecule has 0 saturated carbocycles. The van der Waals surface area contributed by atoms with Crippen LogP contribution < -0.4 is 0 Å². The molecule has 4 aromatic carbocycles. The highest BCUT2D eigenvalue weighted by molar-refractivity contribution is 6.02. The third-order valence-corrected chi connectivity index (χ3v) is 8.20. The zero-order chi connectivity index (χ0) is 26.7. The Morgan fingerprint density at radius 2 is 1.58 bits per heavy atom. The third-order valence-electron chi connectivity index (χ3n) is 8.20. The van der Waals surface area contributed by atoms with Crippen LogP contribution in [0.1, 0.15) is 76.3 Å². The van der Waals surface area contributed by atoms with Crippen molar-refractivity contribution >= 4 is 27.6 Å². The molecule has 1 N–H and O–H groups in total. The third kappa shape index (κ3) is 4.33. The minimum absolute atomic E-state index is 0.0439. The first-order valence-corrected chi connectivity index (χ1v) is 13.9. The minimum Gasteiger partial charge on any atom is -0.355 e.